The Hall–Kier alpha value is -4.07. The minimum atomic E-state index is -0.715. The van der Waals surface area contributed by atoms with E-state index in [-0.39, 0.29) is 39.5 Å². The smallest absolute Gasteiger partial charge is 0.319 e. The van der Waals surface area contributed by atoms with Gasteiger partial charge in [-0.2, -0.15) is 9.97 Å². The van der Waals surface area contributed by atoms with Crippen LogP contribution in [-0.2, 0) is 0 Å². The van der Waals surface area contributed by atoms with Crippen LogP contribution in [-0.4, -0.2) is 76.4 Å². The van der Waals surface area contributed by atoms with E-state index in [1.807, 2.05) is 0 Å². The van der Waals surface area contributed by atoms with Crippen molar-refractivity contribution in [2.75, 3.05) is 44.2 Å². The maximum absolute atomic E-state index is 16.8. The van der Waals surface area contributed by atoms with Crippen LogP contribution in [0.25, 0.3) is 32.9 Å². The third kappa shape index (κ3) is 5.22. The molecule has 0 spiro atoms. The average molecular weight is 613 g/mol. The molecule has 3 aliphatic heterocycles. The second kappa shape index (κ2) is 11.4. The maximum Gasteiger partial charge on any atom is 0.319 e. The molecule has 0 saturated carbocycles. The first kappa shape index (κ1) is 29.6. The van der Waals surface area contributed by atoms with Gasteiger partial charge in [-0.05, 0) is 61.9 Å². The van der Waals surface area contributed by atoms with E-state index in [1.165, 1.54) is 24.3 Å². The van der Waals surface area contributed by atoms with Gasteiger partial charge in [-0.1, -0.05) is 32.8 Å². The molecule has 0 unspecified atom stereocenters. The number of hydrogen-bond donors (Lipinski definition) is 2. The molecule has 5 heterocycles. The van der Waals surface area contributed by atoms with E-state index >= 15 is 4.39 Å². The Balaban J connectivity index is 1.37. The van der Waals surface area contributed by atoms with E-state index in [2.05, 4.69) is 51.8 Å². The molecule has 4 aromatic rings. The van der Waals surface area contributed by atoms with Crippen molar-refractivity contribution in [3.63, 3.8) is 0 Å². The predicted octanol–water partition coefficient (Wildman–Crippen LogP) is 5.50. The third-order valence-corrected chi connectivity index (χ3v) is 10.2. The number of aromatic nitrogens is 3. The molecule has 10 heteroatoms. The Morgan fingerprint density at radius 3 is 2.67 bits per heavy atom. The van der Waals surface area contributed by atoms with Gasteiger partial charge in [-0.3, -0.25) is 4.98 Å². The van der Waals surface area contributed by atoms with Crippen LogP contribution >= 0.6 is 0 Å². The van der Waals surface area contributed by atoms with Crippen molar-refractivity contribution in [2.45, 2.75) is 52.1 Å². The van der Waals surface area contributed by atoms with Crippen molar-refractivity contribution in [2.24, 2.45) is 11.3 Å². The normalized spacial score (nSPS) is 25.2. The van der Waals surface area contributed by atoms with Crippen molar-refractivity contribution in [1.82, 2.24) is 25.2 Å². The number of aromatic hydroxyl groups is 1. The largest absolute Gasteiger partial charge is 0.508 e. The maximum atomic E-state index is 16.8. The molecule has 2 aromatic carbocycles. The first-order valence-electron chi connectivity index (χ1n) is 15.8. The number of nitrogens with zero attached hydrogens (tertiary/aromatic N) is 5. The molecule has 0 amide bonds. The lowest BCUT2D eigenvalue weighted by atomic mass is 9.74. The number of pyridine rings is 1. The molecular formula is C35H38F2N6O2. The van der Waals surface area contributed by atoms with Crippen LogP contribution in [0.3, 0.4) is 0 Å². The zero-order valence-electron chi connectivity index (χ0n) is 25.9. The molecule has 45 heavy (non-hydrogen) atoms. The molecule has 2 aromatic heterocycles. The van der Waals surface area contributed by atoms with Crippen molar-refractivity contribution < 1.29 is 18.6 Å². The van der Waals surface area contributed by atoms with Gasteiger partial charge in [0.15, 0.2) is 5.82 Å². The number of phenolic OH excluding ortho intramolecular Hbond substituents is 1. The van der Waals surface area contributed by atoms with E-state index in [4.69, 9.17) is 16.1 Å². The number of ether oxygens (including phenoxy) is 1. The molecule has 234 valence electrons. The highest BCUT2D eigenvalue weighted by Crippen LogP contribution is 2.40. The van der Waals surface area contributed by atoms with Crippen molar-refractivity contribution in [3.8, 4) is 35.4 Å². The lowest BCUT2D eigenvalue weighted by Gasteiger charge is -2.44. The number of piperidine rings is 1. The molecular weight excluding hydrogens is 574 g/mol. The second-order valence-electron chi connectivity index (χ2n) is 13.2. The van der Waals surface area contributed by atoms with Crippen LogP contribution in [0.5, 0.6) is 11.8 Å². The fraction of sp³-hybridized carbons (Fsp3) is 0.457. The van der Waals surface area contributed by atoms with Gasteiger partial charge in [0.05, 0.1) is 17.6 Å². The standard InChI is InChI=1S/C35H38F2N6O2/c1-5-25-28(36)10-7-21-13-24(44)14-26(29(21)25)31-30(37)32-27(15-38-31)33(43-16-22-8-9-23(17-43)39-22)41-34(40-32)45-19-35(4)18-42(6-2)12-11-20(35)3/h1,7,10,13-15,20,22-23,39,44H,6,8-9,11-12,16-19H2,2-4H3/t20-,22-,23+,35-/m1/s1. The summed E-state index contributed by atoms with van der Waals surface area (Å²) in [6.45, 7) is 11.4. The lowest BCUT2D eigenvalue weighted by molar-refractivity contribution is 0.0107. The quantitative estimate of drug-likeness (QED) is 0.276. The molecule has 0 aliphatic carbocycles. The summed E-state index contributed by atoms with van der Waals surface area (Å²) in [7, 11) is 0. The van der Waals surface area contributed by atoms with E-state index in [0.29, 0.717) is 46.6 Å². The van der Waals surface area contributed by atoms with Crippen LogP contribution in [0.4, 0.5) is 14.6 Å². The summed E-state index contributed by atoms with van der Waals surface area (Å²) < 4.78 is 38.0. The number of rotatable bonds is 6. The van der Waals surface area contributed by atoms with Crippen LogP contribution in [0.2, 0.25) is 0 Å². The Morgan fingerprint density at radius 2 is 1.93 bits per heavy atom. The summed E-state index contributed by atoms with van der Waals surface area (Å²) in [6.07, 6.45) is 10.5. The summed E-state index contributed by atoms with van der Waals surface area (Å²) in [5.74, 6) is 1.96. The summed E-state index contributed by atoms with van der Waals surface area (Å²) in [5, 5.41) is 15.4. The van der Waals surface area contributed by atoms with Crippen LogP contribution < -0.4 is 15.0 Å². The predicted molar refractivity (Wildman–Crippen MR) is 171 cm³/mol. The monoisotopic (exact) mass is 612 g/mol. The Kier molecular flexibility index (Phi) is 7.49. The molecule has 3 fully saturated rings. The molecule has 7 rings (SSSR count). The third-order valence-electron chi connectivity index (χ3n) is 10.2. The molecule has 8 nitrogen and oxygen atoms in total. The van der Waals surface area contributed by atoms with E-state index < -0.39 is 11.6 Å². The number of piperazine rings is 1. The van der Waals surface area contributed by atoms with Gasteiger partial charge >= 0.3 is 6.01 Å². The molecule has 4 atom stereocenters. The summed E-state index contributed by atoms with van der Waals surface area (Å²) in [6, 6.07) is 6.33. The van der Waals surface area contributed by atoms with Gasteiger partial charge in [0.1, 0.15) is 28.6 Å². The van der Waals surface area contributed by atoms with E-state index in [0.717, 1.165) is 52.0 Å². The van der Waals surface area contributed by atoms with Gasteiger partial charge in [0.25, 0.3) is 0 Å². The lowest BCUT2D eigenvalue weighted by Crippen LogP contribution is -2.51. The fourth-order valence-corrected chi connectivity index (χ4v) is 7.40. The highest BCUT2D eigenvalue weighted by Gasteiger charge is 2.38. The van der Waals surface area contributed by atoms with Gasteiger partial charge in [-0.25, -0.2) is 8.78 Å². The number of likely N-dealkylation sites (tertiary alicyclic amines) is 1. The van der Waals surface area contributed by atoms with Crippen LogP contribution in [0.15, 0.2) is 30.5 Å². The molecule has 2 N–H and O–H groups in total. The molecule has 3 saturated heterocycles. The number of anilines is 1. The highest BCUT2D eigenvalue weighted by atomic mass is 19.1. The summed E-state index contributed by atoms with van der Waals surface area (Å²) in [5.41, 5.74) is -0.00343. The van der Waals surface area contributed by atoms with Gasteiger partial charge in [0, 0.05) is 54.3 Å². The molecule has 2 bridgehead atoms. The number of benzene rings is 2. The highest BCUT2D eigenvalue weighted by molar-refractivity contribution is 6.03. The number of nitrogens with one attached hydrogen (secondary N) is 1. The zero-order chi connectivity index (χ0) is 31.5. The van der Waals surface area contributed by atoms with E-state index in [1.54, 1.807) is 6.20 Å². The van der Waals surface area contributed by atoms with Gasteiger partial charge in [-0.15, -0.1) is 6.42 Å². The SMILES string of the molecule is C#Cc1c(F)ccc2cc(O)cc(-c3ncc4c(N5C[C@H]6CC[C@@H](C5)N6)nc(OC[C@@]5(C)CN(CC)CC[C@H]5C)nc4c3F)c12. The number of hydrogen-bond acceptors (Lipinski definition) is 8. The van der Waals surface area contributed by atoms with Gasteiger partial charge < -0.3 is 25.0 Å². The van der Waals surface area contributed by atoms with Crippen molar-refractivity contribution in [3.05, 3.63) is 47.7 Å². The van der Waals surface area contributed by atoms with Crippen molar-refractivity contribution in [1.29, 1.82) is 0 Å². The minimum absolute atomic E-state index is 0.0246. The minimum Gasteiger partial charge on any atom is -0.508 e. The molecule has 3 aliphatic rings. The van der Waals surface area contributed by atoms with Crippen LogP contribution in [0, 0.1) is 35.3 Å². The second-order valence-corrected chi connectivity index (χ2v) is 13.2. The zero-order valence-corrected chi connectivity index (χ0v) is 25.9. The van der Waals surface area contributed by atoms with Crippen LogP contribution in [0.1, 0.15) is 45.6 Å². The van der Waals surface area contributed by atoms with E-state index in [9.17, 15) is 9.50 Å². The summed E-state index contributed by atoms with van der Waals surface area (Å²) in [4.78, 5) is 18.6. The Bertz CT molecular complexity index is 1830. The number of halogens is 2. The van der Waals surface area contributed by atoms with Crippen molar-refractivity contribution >= 4 is 27.5 Å². The number of terminal acetylenes is 1. The average Bonchev–Trinajstić information content (AvgIpc) is 3.38. The molecule has 0 radical (unpaired) electrons. The Morgan fingerprint density at radius 1 is 1.16 bits per heavy atom. The first-order chi connectivity index (χ1) is 21.7. The summed E-state index contributed by atoms with van der Waals surface area (Å²) >= 11 is 0. The topological polar surface area (TPSA) is 86.6 Å². The first-order valence-corrected chi connectivity index (χ1v) is 15.8. The Labute approximate surface area is 261 Å². The fourth-order valence-electron chi connectivity index (χ4n) is 7.40. The van der Waals surface area contributed by atoms with Gasteiger partial charge in [0.2, 0.25) is 0 Å². The number of fused-ring (bicyclic) bond motifs is 4. The number of phenols is 1.